The van der Waals surface area contributed by atoms with Gasteiger partial charge in [-0.2, -0.15) is 0 Å². The van der Waals surface area contributed by atoms with E-state index in [9.17, 15) is 4.79 Å². The minimum Gasteiger partial charge on any atom is -0.496 e. The Morgan fingerprint density at radius 2 is 2.24 bits per heavy atom. The Morgan fingerprint density at radius 1 is 1.43 bits per heavy atom. The molecule has 0 radical (unpaired) electrons. The lowest BCUT2D eigenvalue weighted by atomic mass is 10.1. The van der Waals surface area contributed by atoms with Crippen LogP contribution in [0.1, 0.15) is 5.56 Å². The molecule has 0 aliphatic rings. The summed E-state index contributed by atoms with van der Waals surface area (Å²) in [6.45, 7) is 0.566. The normalized spacial score (nSPS) is 10.4. The Labute approximate surface area is 127 Å². The molecule has 1 N–H and O–H groups in total. The zero-order valence-corrected chi connectivity index (χ0v) is 12.8. The van der Waals surface area contributed by atoms with Gasteiger partial charge in [0.25, 0.3) is 0 Å². The van der Waals surface area contributed by atoms with Crippen LogP contribution in [0.15, 0.2) is 29.4 Å². The Bertz CT molecular complexity index is 602. The van der Waals surface area contributed by atoms with Gasteiger partial charge in [0.15, 0.2) is 0 Å². The number of rotatable bonds is 7. The average Bonchev–Trinajstić information content (AvgIpc) is 2.91. The van der Waals surface area contributed by atoms with E-state index in [1.54, 1.807) is 14.2 Å². The summed E-state index contributed by atoms with van der Waals surface area (Å²) in [4.78, 5) is 11.8. The van der Waals surface area contributed by atoms with Crippen LogP contribution in [0.25, 0.3) is 0 Å². The van der Waals surface area contributed by atoms with E-state index in [0.29, 0.717) is 17.5 Å². The molecule has 8 heteroatoms. The van der Waals surface area contributed by atoms with Gasteiger partial charge in [-0.3, -0.25) is 4.79 Å². The number of ether oxygens (including phenoxy) is 1. The fourth-order valence-electron chi connectivity index (χ4n) is 1.77. The van der Waals surface area contributed by atoms with Crippen LogP contribution in [-0.2, 0) is 18.3 Å². The van der Waals surface area contributed by atoms with Gasteiger partial charge >= 0.3 is 0 Å². The van der Waals surface area contributed by atoms with E-state index >= 15 is 0 Å². The average molecular weight is 307 g/mol. The summed E-state index contributed by atoms with van der Waals surface area (Å²) < 4.78 is 6.81. The van der Waals surface area contributed by atoms with Gasteiger partial charge in [-0.1, -0.05) is 30.0 Å². The highest BCUT2D eigenvalue weighted by atomic mass is 32.2. The first kappa shape index (κ1) is 15.3. The largest absolute Gasteiger partial charge is 0.496 e. The van der Waals surface area contributed by atoms with Crippen molar-refractivity contribution in [2.45, 2.75) is 11.6 Å². The number of carbonyl (C=O) groups is 1. The molecule has 1 amide bonds. The predicted octanol–water partition coefficient (Wildman–Crippen LogP) is 0.670. The SMILES string of the molecule is COc1ccccc1CCNC(=O)CSc1nnnn1C. The van der Waals surface area contributed by atoms with E-state index in [1.165, 1.54) is 16.4 Å². The van der Waals surface area contributed by atoms with Gasteiger partial charge in [-0.25, -0.2) is 4.68 Å². The molecule has 112 valence electrons. The highest BCUT2D eigenvalue weighted by Crippen LogP contribution is 2.17. The third-order valence-electron chi connectivity index (χ3n) is 2.82. The molecule has 1 heterocycles. The standard InChI is InChI=1S/C13H17N5O2S/c1-18-13(15-16-17-18)21-9-12(19)14-8-7-10-5-3-4-6-11(10)20-2/h3-6H,7-9H2,1-2H3,(H,14,19). The van der Waals surface area contributed by atoms with Gasteiger partial charge < -0.3 is 10.1 Å². The quantitative estimate of drug-likeness (QED) is 0.757. The zero-order valence-electron chi connectivity index (χ0n) is 11.9. The summed E-state index contributed by atoms with van der Waals surface area (Å²) in [5.41, 5.74) is 1.07. The van der Waals surface area contributed by atoms with Crippen molar-refractivity contribution in [1.82, 2.24) is 25.5 Å². The molecule has 0 fully saturated rings. The van der Waals surface area contributed by atoms with E-state index in [-0.39, 0.29) is 5.91 Å². The zero-order chi connectivity index (χ0) is 15.1. The van der Waals surface area contributed by atoms with Gasteiger partial charge in [0.1, 0.15) is 5.75 Å². The molecule has 0 saturated carbocycles. The van der Waals surface area contributed by atoms with E-state index in [4.69, 9.17) is 4.74 Å². The van der Waals surface area contributed by atoms with E-state index < -0.39 is 0 Å². The molecule has 1 aromatic heterocycles. The molecule has 0 aliphatic heterocycles. The number of thioether (sulfide) groups is 1. The second kappa shape index (κ2) is 7.63. The molecular weight excluding hydrogens is 290 g/mol. The van der Waals surface area contributed by atoms with Crippen molar-refractivity contribution in [3.8, 4) is 5.75 Å². The number of aromatic nitrogens is 4. The molecule has 0 unspecified atom stereocenters. The Kier molecular flexibility index (Phi) is 5.56. The number of amides is 1. The maximum Gasteiger partial charge on any atom is 0.230 e. The fraction of sp³-hybridized carbons (Fsp3) is 0.385. The first-order valence-electron chi connectivity index (χ1n) is 6.44. The molecule has 0 atom stereocenters. The van der Waals surface area contributed by atoms with Crippen molar-refractivity contribution >= 4 is 17.7 Å². The molecule has 2 aromatic rings. The molecule has 1 aromatic carbocycles. The highest BCUT2D eigenvalue weighted by Gasteiger charge is 2.08. The number of methoxy groups -OCH3 is 1. The van der Waals surface area contributed by atoms with Crippen LogP contribution in [0.3, 0.4) is 0 Å². The number of tetrazole rings is 1. The summed E-state index contributed by atoms with van der Waals surface area (Å²) >= 11 is 1.31. The number of para-hydroxylation sites is 1. The van der Waals surface area contributed by atoms with Gasteiger partial charge in [0.2, 0.25) is 11.1 Å². The third kappa shape index (κ3) is 4.45. The van der Waals surface area contributed by atoms with Gasteiger partial charge in [0, 0.05) is 13.6 Å². The summed E-state index contributed by atoms with van der Waals surface area (Å²) in [7, 11) is 3.38. The lowest BCUT2D eigenvalue weighted by molar-refractivity contribution is -0.118. The van der Waals surface area contributed by atoms with Gasteiger partial charge in [-0.05, 0) is 28.5 Å². The molecule has 21 heavy (non-hydrogen) atoms. The number of aryl methyl sites for hydroxylation is 1. The summed E-state index contributed by atoms with van der Waals surface area (Å²) in [5, 5.41) is 14.5. The van der Waals surface area contributed by atoms with Crippen molar-refractivity contribution < 1.29 is 9.53 Å². The van der Waals surface area contributed by atoms with Crippen LogP contribution < -0.4 is 10.1 Å². The van der Waals surface area contributed by atoms with E-state index in [0.717, 1.165) is 17.7 Å². The van der Waals surface area contributed by atoms with E-state index in [1.807, 2.05) is 24.3 Å². The number of hydrogen-bond donors (Lipinski definition) is 1. The lowest BCUT2D eigenvalue weighted by Gasteiger charge is -2.08. The monoisotopic (exact) mass is 307 g/mol. The number of benzene rings is 1. The third-order valence-corrected chi connectivity index (χ3v) is 3.83. The number of hydrogen-bond acceptors (Lipinski definition) is 6. The Morgan fingerprint density at radius 3 is 2.95 bits per heavy atom. The minimum absolute atomic E-state index is 0.0436. The van der Waals surface area contributed by atoms with Gasteiger partial charge in [-0.15, -0.1) is 5.10 Å². The van der Waals surface area contributed by atoms with Crippen molar-refractivity contribution in [3.05, 3.63) is 29.8 Å². The van der Waals surface area contributed by atoms with Crippen molar-refractivity contribution in [2.75, 3.05) is 19.4 Å². The second-order valence-corrected chi connectivity index (χ2v) is 5.23. The lowest BCUT2D eigenvalue weighted by Crippen LogP contribution is -2.27. The van der Waals surface area contributed by atoms with Crippen LogP contribution in [-0.4, -0.2) is 45.5 Å². The minimum atomic E-state index is -0.0436. The molecule has 7 nitrogen and oxygen atoms in total. The van der Waals surface area contributed by atoms with Crippen LogP contribution >= 0.6 is 11.8 Å². The van der Waals surface area contributed by atoms with Crippen molar-refractivity contribution in [2.24, 2.45) is 7.05 Å². The first-order chi connectivity index (χ1) is 10.2. The van der Waals surface area contributed by atoms with Crippen LogP contribution in [0.4, 0.5) is 0 Å². The maximum absolute atomic E-state index is 11.8. The van der Waals surface area contributed by atoms with Crippen LogP contribution in [0.5, 0.6) is 5.75 Å². The van der Waals surface area contributed by atoms with Crippen molar-refractivity contribution in [1.29, 1.82) is 0 Å². The van der Waals surface area contributed by atoms with Crippen LogP contribution in [0.2, 0.25) is 0 Å². The second-order valence-electron chi connectivity index (χ2n) is 4.29. The first-order valence-corrected chi connectivity index (χ1v) is 7.43. The van der Waals surface area contributed by atoms with E-state index in [2.05, 4.69) is 20.8 Å². The summed E-state index contributed by atoms with van der Waals surface area (Å²) in [5.74, 6) is 1.09. The molecule has 0 saturated heterocycles. The number of nitrogens with zero attached hydrogens (tertiary/aromatic N) is 4. The fourth-order valence-corrected chi connectivity index (χ4v) is 2.45. The predicted molar refractivity (Wildman–Crippen MR) is 79.2 cm³/mol. The maximum atomic E-state index is 11.8. The summed E-state index contributed by atoms with van der Waals surface area (Å²) in [6, 6.07) is 7.78. The van der Waals surface area contributed by atoms with Crippen molar-refractivity contribution in [3.63, 3.8) is 0 Å². The van der Waals surface area contributed by atoms with Crippen LogP contribution in [0, 0.1) is 0 Å². The Hall–Kier alpha value is -2.09. The molecule has 0 aliphatic carbocycles. The molecular formula is C13H17N5O2S. The number of carbonyl (C=O) groups excluding carboxylic acids is 1. The molecule has 2 rings (SSSR count). The number of nitrogens with one attached hydrogen (secondary N) is 1. The topological polar surface area (TPSA) is 81.9 Å². The highest BCUT2D eigenvalue weighted by molar-refractivity contribution is 7.99. The molecule has 0 spiro atoms. The van der Waals surface area contributed by atoms with Gasteiger partial charge in [0.05, 0.1) is 12.9 Å². The summed E-state index contributed by atoms with van der Waals surface area (Å²) in [6.07, 6.45) is 0.728. The molecule has 0 bridgehead atoms. The smallest absolute Gasteiger partial charge is 0.230 e. The Balaban J connectivity index is 1.73.